The van der Waals surface area contributed by atoms with Crippen molar-refractivity contribution >= 4 is 27.7 Å². The van der Waals surface area contributed by atoms with E-state index in [9.17, 15) is 13.2 Å². The molecule has 1 aromatic heterocycles. The predicted octanol–water partition coefficient (Wildman–Crippen LogP) is 3.07. The zero-order valence-electron chi connectivity index (χ0n) is 16.2. The number of anilines is 1. The van der Waals surface area contributed by atoms with E-state index < -0.39 is 10.0 Å². The van der Waals surface area contributed by atoms with Crippen molar-refractivity contribution in [3.05, 3.63) is 66.0 Å². The summed E-state index contributed by atoms with van der Waals surface area (Å²) >= 11 is 0. The van der Waals surface area contributed by atoms with Crippen molar-refractivity contribution in [1.82, 2.24) is 9.88 Å². The van der Waals surface area contributed by atoms with E-state index in [0.717, 1.165) is 11.1 Å². The topological polar surface area (TPSA) is 70.6 Å². The molecule has 1 fully saturated rings. The molecule has 0 bridgehead atoms. The van der Waals surface area contributed by atoms with Gasteiger partial charge in [-0.05, 0) is 55.7 Å². The highest BCUT2D eigenvalue weighted by Crippen LogP contribution is 2.24. The quantitative estimate of drug-likeness (QED) is 0.700. The van der Waals surface area contributed by atoms with Crippen molar-refractivity contribution in [2.45, 2.75) is 32.9 Å². The molecule has 7 heteroatoms. The van der Waals surface area contributed by atoms with E-state index in [1.54, 1.807) is 41.6 Å². The summed E-state index contributed by atoms with van der Waals surface area (Å²) in [7, 11) is -3.18. The molecule has 0 atom stereocenters. The maximum atomic E-state index is 12.7. The molecule has 0 N–H and O–H groups in total. The van der Waals surface area contributed by atoms with Crippen LogP contribution in [0.1, 0.15) is 31.4 Å². The fourth-order valence-corrected chi connectivity index (χ4v) is 4.71. The molecule has 3 rings (SSSR count). The van der Waals surface area contributed by atoms with Gasteiger partial charge in [-0.3, -0.25) is 14.1 Å². The number of carbonyl (C=O) groups excluding carboxylic acids is 1. The summed E-state index contributed by atoms with van der Waals surface area (Å²) in [5.41, 5.74) is 2.49. The Bertz CT molecular complexity index is 939. The number of pyridine rings is 1. The molecule has 2 aromatic rings. The summed E-state index contributed by atoms with van der Waals surface area (Å²) in [6.07, 6.45) is 7.43. The lowest BCUT2D eigenvalue weighted by molar-refractivity contribution is -0.128. The highest BCUT2D eigenvalue weighted by Gasteiger charge is 2.28. The Morgan fingerprint density at radius 2 is 2.00 bits per heavy atom. The van der Waals surface area contributed by atoms with Gasteiger partial charge in [-0.1, -0.05) is 18.2 Å². The van der Waals surface area contributed by atoms with Crippen LogP contribution in [0.3, 0.4) is 0 Å². The molecule has 6 nitrogen and oxygen atoms in total. The summed E-state index contributed by atoms with van der Waals surface area (Å²) in [5, 5.41) is 0. The van der Waals surface area contributed by atoms with Gasteiger partial charge in [0, 0.05) is 37.6 Å². The molecule has 0 saturated carbocycles. The second-order valence-electron chi connectivity index (χ2n) is 7.09. The Morgan fingerprint density at radius 3 is 2.57 bits per heavy atom. The minimum Gasteiger partial charge on any atom is -0.332 e. The van der Waals surface area contributed by atoms with Gasteiger partial charge in [-0.15, -0.1) is 0 Å². The number of amides is 1. The van der Waals surface area contributed by atoms with Crippen LogP contribution in [-0.4, -0.2) is 42.5 Å². The monoisotopic (exact) mass is 399 g/mol. The van der Waals surface area contributed by atoms with E-state index in [2.05, 4.69) is 4.98 Å². The second kappa shape index (κ2) is 8.56. The van der Waals surface area contributed by atoms with Gasteiger partial charge in [0.25, 0.3) is 0 Å². The first-order chi connectivity index (χ1) is 13.4. The molecule has 148 valence electrons. The molecule has 1 saturated heterocycles. The van der Waals surface area contributed by atoms with E-state index >= 15 is 0 Å². The maximum Gasteiger partial charge on any atom is 0.247 e. The van der Waals surface area contributed by atoms with Crippen molar-refractivity contribution in [1.29, 1.82) is 0 Å². The third-order valence-corrected chi connectivity index (χ3v) is 6.55. The highest BCUT2D eigenvalue weighted by molar-refractivity contribution is 7.93. The average Bonchev–Trinajstić information content (AvgIpc) is 3.04. The van der Waals surface area contributed by atoms with E-state index in [1.165, 1.54) is 4.31 Å². The molecule has 2 heterocycles. The molecule has 1 aromatic carbocycles. The highest BCUT2D eigenvalue weighted by atomic mass is 32.2. The van der Waals surface area contributed by atoms with E-state index in [4.69, 9.17) is 0 Å². The molecule has 1 aliphatic heterocycles. The molecule has 0 radical (unpaired) electrons. The van der Waals surface area contributed by atoms with Gasteiger partial charge >= 0.3 is 0 Å². The lowest BCUT2D eigenvalue weighted by Crippen LogP contribution is -2.35. The summed E-state index contributed by atoms with van der Waals surface area (Å²) in [4.78, 5) is 18.5. The molecule has 28 heavy (non-hydrogen) atoms. The van der Waals surface area contributed by atoms with Gasteiger partial charge in [0.15, 0.2) is 0 Å². The van der Waals surface area contributed by atoms with E-state index in [1.807, 2.05) is 38.1 Å². The van der Waals surface area contributed by atoms with Crippen LogP contribution in [0.25, 0.3) is 6.08 Å². The van der Waals surface area contributed by atoms with Crippen molar-refractivity contribution in [3.63, 3.8) is 0 Å². The number of carbonyl (C=O) groups is 1. The van der Waals surface area contributed by atoms with Crippen LogP contribution in [0, 0.1) is 0 Å². The smallest absolute Gasteiger partial charge is 0.247 e. The Labute approximate surface area is 166 Å². The Balaban J connectivity index is 1.68. The second-order valence-corrected chi connectivity index (χ2v) is 9.10. The van der Waals surface area contributed by atoms with Gasteiger partial charge in [0.2, 0.25) is 15.9 Å². The first kappa shape index (κ1) is 20.1. The molecule has 0 aliphatic carbocycles. The van der Waals surface area contributed by atoms with Crippen LogP contribution in [0.5, 0.6) is 0 Å². The van der Waals surface area contributed by atoms with Gasteiger partial charge in [0.1, 0.15) is 0 Å². The van der Waals surface area contributed by atoms with Crippen LogP contribution in [0.15, 0.2) is 54.9 Å². The predicted molar refractivity (Wildman–Crippen MR) is 111 cm³/mol. The Morgan fingerprint density at radius 1 is 1.25 bits per heavy atom. The van der Waals surface area contributed by atoms with Crippen molar-refractivity contribution < 1.29 is 13.2 Å². The number of rotatable bonds is 6. The number of sulfonamides is 1. The average molecular weight is 400 g/mol. The number of hydrogen-bond donors (Lipinski definition) is 0. The van der Waals surface area contributed by atoms with Crippen LogP contribution < -0.4 is 4.31 Å². The fourth-order valence-electron chi connectivity index (χ4n) is 3.15. The third kappa shape index (κ3) is 4.78. The molecule has 1 aliphatic rings. The largest absolute Gasteiger partial charge is 0.332 e. The maximum absolute atomic E-state index is 12.7. The SMILES string of the molecule is CC(C)N(Cc1cccnc1)C(=O)C=Cc1ccc(N2CCCS2(=O)=O)cc1. The Kier molecular flexibility index (Phi) is 6.14. The van der Waals surface area contributed by atoms with Gasteiger partial charge in [-0.25, -0.2) is 8.42 Å². The van der Waals surface area contributed by atoms with E-state index in [-0.39, 0.29) is 17.7 Å². The number of benzene rings is 1. The standard InChI is InChI=1S/C21H25N3O3S/c1-17(2)23(16-19-5-3-12-22-15-19)21(25)11-8-18-6-9-20(10-7-18)24-13-4-14-28(24,26)27/h3,5-12,15,17H,4,13-14,16H2,1-2H3. The number of aromatic nitrogens is 1. The summed E-state index contributed by atoms with van der Waals surface area (Å²) in [5.74, 6) is 0.121. The number of nitrogens with zero attached hydrogens (tertiary/aromatic N) is 3. The molecular formula is C21H25N3O3S. The first-order valence-corrected chi connectivity index (χ1v) is 11.0. The normalized spacial score (nSPS) is 16.0. The zero-order valence-corrected chi connectivity index (χ0v) is 17.0. The van der Waals surface area contributed by atoms with Gasteiger partial charge < -0.3 is 4.90 Å². The molecular weight excluding hydrogens is 374 g/mol. The lowest BCUT2D eigenvalue weighted by atomic mass is 10.1. The molecule has 0 spiro atoms. The third-order valence-electron chi connectivity index (χ3n) is 4.68. The fraction of sp³-hybridized carbons (Fsp3) is 0.333. The van der Waals surface area contributed by atoms with Crippen LogP contribution in [0.4, 0.5) is 5.69 Å². The summed E-state index contributed by atoms with van der Waals surface area (Å²) < 4.78 is 25.5. The zero-order chi connectivity index (χ0) is 20.1. The van der Waals surface area contributed by atoms with Crippen LogP contribution >= 0.6 is 0 Å². The lowest BCUT2D eigenvalue weighted by Gasteiger charge is -2.25. The van der Waals surface area contributed by atoms with Gasteiger partial charge in [0.05, 0.1) is 11.4 Å². The van der Waals surface area contributed by atoms with Crippen LogP contribution in [0.2, 0.25) is 0 Å². The van der Waals surface area contributed by atoms with Crippen molar-refractivity contribution in [3.8, 4) is 0 Å². The summed E-state index contributed by atoms with van der Waals surface area (Å²) in [6, 6.07) is 11.1. The Hall–Kier alpha value is -2.67. The van der Waals surface area contributed by atoms with Crippen molar-refractivity contribution in [2.75, 3.05) is 16.6 Å². The van der Waals surface area contributed by atoms with Crippen LogP contribution in [-0.2, 0) is 21.4 Å². The van der Waals surface area contributed by atoms with E-state index in [0.29, 0.717) is 25.2 Å². The molecule has 0 unspecified atom stereocenters. The van der Waals surface area contributed by atoms with Gasteiger partial charge in [-0.2, -0.15) is 0 Å². The minimum atomic E-state index is -3.18. The number of hydrogen-bond acceptors (Lipinski definition) is 4. The molecule has 1 amide bonds. The first-order valence-electron chi connectivity index (χ1n) is 9.35. The summed E-state index contributed by atoms with van der Waals surface area (Å²) in [6.45, 7) is 4.98. The minimum absolute atomic E-state index is 0.0557. The van der Waals surface area contributed by atoms with Crippen molar-refractivity contribution in [2.24, 2.45) is 0 Å².